The number of nitrogens with two attached hydrogens (primary N) is 1. The first-order valence-electron chi connectivity index (χ1n) is 6.50. The van der Waals surface area contributed by atoms with Crippen LogP contribution in [0.5, 0.6) is 5.88 Å². The zero-order valence-corrected chi connectivity index (χ0v) is 13.9. The Hall–Kier alpha value is -1.09. The first-order chi connectivity index (χ1) is 9.31. The van der Waals surface area contributed by atoms with Crippen LogP contribution in [-0.2, 0) is 11.3 Å². The Bertz CT molecular complexity index is 436. The molecule has 0 aliphatic carbocycles. The van der Waals surface area contributed by atoms with E-state index < -0.39 is 0 Å². The van der Waals surface area contributed by atoms with Crippen molar-refractivity contribution in [1.29, 1.82) is 0 Å². The average molecular weight is 392 g/mol. The van der Waals surface area contributed by atoms with Gasteiger partial charge < -0.3 is 20.1 Å². The summed E-state index contributed by atoms with van der Waals surface area (Å²) in [6.07, 6.45) is 1.71. The van der Waals surface area contributed by atoms with E-state index in [4.69, 9.17) is 15.2 Å². The second kappa shape index (κ2) is 8.96. The quantitative estimate of drug-likeness (QED) is 0.474. The molecule has 1 aliphatic heterocycles. The molecule has 2 N–H and O–H groups in total. The van der Waals surface area contributed by atoms with Crippen LogP contribution in [0.4, 0.5) is 0 Å². The molecule has 2 rings (SSSR count). The number of nitrogens with zero attached hydrogens (tertiary/aromatic N) is 3. The van der Waals surface area contributed by atoms with E-state index in [0.29, 0.717) is 38.2 Å². The van der Waals surface area contributed by atoms with Crippen molar-refractivity contribution >= 4 is 29.9 Å². The first-order valence-corrected chi connectivity index (χ1v) is 6.50. The van der Waals surface area contributed by atoms with Crippen molar-refractivity contribution in [1.82, 2.24) is 9.88 Å². The highest BCUT2D eigenvalue weighted by molar-refractivity contribution is 14.0. The molecule has 0 bridgehead atoms. The summed E-state index contributed by atoms with van der Waals surface area (Å²) in [5, 5.41) is 0. The third-order valence-corrected chi connectivity index (χ3v) is 2.88. The summed E-state index contributed by atoms with van der Waals surface area (Å²) < 4.78 is 10.7. The molecule has 1 fully saturated rings. The highest BCUT2D eigenvalue weighted by Crippen LogP contribution is 2.15. The van der Waals surface area contributed by atoms with Gasteiger partial charge in [0.15, 0.2) is 5.96 Å². The van der Waals surface area contributed by atoms with Crippen LogP contribution < -0.4 is 10.5 Å². The van der Waals surface area contributed by atoms with Gasteiger partial charge in [-0.25, -0.2) is 9.98 Å². The topological polar surface area (TPSA) is 73.0 Å². The molecule has 1 aromatic rings. The third kappa shape index (κ3) is 4.78. The van der Waals surface area contributed by atoms with E-state index in [1.165, 1.54) is 0 Å². The van der Waals surface area contributed by atoms with Crippen molar-refractivity contribution in [3.05, 3.63) is 23.9 Å². The van der Waals surface area contributed by atoms with E-state index in [2.05, 4.69) is 9.98 Å². The highest BCUT2D eigenvalue weighted by Gasteiger charge is 2.12. The number of rotatable bonds is 4. The van der Waals surface area contributed by atoms with Crippen molar-refractivity contribution in [3.63, 3.8) is 0 Å². The highest BCUT2D eigenvalue weighted by atomic mass is 127. The molecule has 0 spiro atoms. The number of hydrogen-bond acceptors (Lipinski definition) is 4. The Labute approximate surface area is 136 Å². The second-order valence-electron chi connectivity index (χ2n) is 4.17. The molecule has 20 heavy (non-hydrogen) atoms. The molecule has 0 aromatic carbocycles. The Morgan fingerprint density at radius 3 is 2.95 bits per heavy atom. The molecular weight excluding hydrogens is 371 g/mol. The van der Waals surface area contributed by atoms with Crippen LogP contribution in [0.2, 0.25) is 0 Å². The minimum Gasteiger partial charge on any atom is -0.478 e. The number of hydrogen-bond donors (Lipinski definition) is 1. The summed E-state index contributed by atoms with van der Waals surface area (Å²) in [4.78, 5) is 10.6. The maximum Gasteiger partial charge on any atom is 0.218 e. The lowest BCUT2D eigenvalue weighted by molar-refractivity contribution is 0.0674. The van der Waals surface area contributed by atoms with Gasteiger partial charge in [0.05, 0.1) is 26.4 Å². The van der Waals surface area contributed by atoms with Crippen molar-refractivity contribution in [3.8, 4) is 5.88 Å². The van der Waals surface area contributed by atoms with Crippen molar-refractivity contribution in [2.24, 2.45) is 10.7 Å². The Morgan fingerprint density at radius 1 is 1.50 bits per heavy atom. The van der Waals surface area contributed by atoms with Crippen LogP contribution in [0, 0.1) is 0 Å². The maximum absolute atomic E-state index is 5.98. The zero-order chi connectivity index (χ0) is 13.5. The van der Waals surface area contributed by atoms with Crippen LogP contribution >= 0.6 is 24.0 Å². The number of guanidine groups is 1. The predicted molar refractivity (Wildman–Crippen MR) is 88.5 cm³/mol. The molecule has 112 valence electrons. The van der Waals surface area contributed by atoms with E-state index >= 15 is 0 Å². The number of aliphatic imine (C=N–C) groups is 1. The fourth-order valence-electron chi connectivity index (χ4n) is 1.87. The third-order valence-electron chi connectivity index (χ3n) is 2.88. The fourth-order valence-corrected chi connectivity index (χ4v) is 1.87. The summed E-state index contributed by atoms with van der Waals surface area (Å²) in [5.41, 5.74) is 6.92. The molecule has 0 saturated carbocycles. The maximum atomic E-state index is 5.98. The number of ether oxygens (including phenoxy) is 2. The lowest BCUT2D eigenvalue weighted by Gasteiger charge is -2.27. The average Bonchev–Trinajstić information content (AvgIpc) is 2.47. The molecule has 0 atom stereocenters. The molecule has 1 aliphatic rings. The SMILES string of the molecule is CCOc1ncccc1CN=C(N)N1CCOCC1.I. The van der Waals surface area contributed by atoms with Gasteiger partial charge in [0.25, 0.3) is 0 Å². The number of pyridine rings is 1. The monoisotopic (exact) mass is 392 g/mol. The summed E-state index contributed by atoms with van der Waals surface area (Å²) >= 11 is 0. The summed E-state index contributed by atoms with van der Waals surface area (Å²) in [5.74, 6) is 1.18. The van der Waals surface area contributed by atoms with Gasteiger partial charge in [-0.3, -0.25) is 0 Å². The molecule has 0 radical (unpaired) electrons. The fraction of sp³-hybridized carbons (Fsp3) is 0.538. The molecule has 0 unspecified atom stereocenters. The van der Waals surface area contributed by atoms with E-state index in [-0.39, 0.29) is 24.0 Å². The lowest BCUT2D eigenvalue weighted by Crippen LogP contribution is -2.44. The molecule has 7 heteroatoms. The second-order valence-corrected chi connectivity index (χ2v) is 4.17. The van der Waals surface area contributed by atoms with Crippen molar-refractivity contribution in [2.45, 2.75) is 13.5 Å². The van der Waals surface area contributed by atoms with Crippen molar-refractivity contribution in [2.75, 3.05) is 32.9 Å². The Balaban J connectivity index is 0.00000200. The van der Waals surface area contributed by atoms with Crippen LogP contribution in [0.25, 0.3) is 0 Å². The Morgan fingerprint density at radius 2 is 2.25 bits per heavy atom. The van der Waals surface area contributed by atoms with Crippen molar-refractivity contribution < 1.29 is 9.47 Å². The standard InChI is InChI=1S/C13H20N4O2.HI/c1-2-19-12-11(4-3-5-15-12)10-16-13(14)17-6-8-18-9-7-17;/h3-5H,2,6-10H2,1H3,(H2,14,16);1H. The molecular formula is C13H21IN4O2. The van der Waals surface area contributed by atoms with Gasteiger partial charge in [-0.05, 0) is 13.0 Å². The van der Waals surface area contributed by atoms with Gasteiger partial charge in [-0.2, -0.15) is 0 Å². The zero-order valence-electron chi connectivity index (χ0n) is 11.6. The minimum absolute atomic E-state index is 0. The summed E-state index contributed by atoms with van der Waals surface area (Å²) in [6, 6.07) is 3.83. The number of halogens is 1. The molecule has 2 heterocycles. The molecule has 1 saturated heterocycles. The number of aromatic nitrogens is 1. The van der Waals surface area contributed by atoms with Gasteiger partial charge in [-0.1, -0.05) is 6.07 Å². The van der Waals surface area contributed by atoms with E-state index in [1.54, 1.807) is 6.20 Å². The van der Waals surface area contributed by atoms with E-state index in [1.807, 2.05) is 24.0 Å². The van der Waals surface area contributed by atoms with Gasteiger partial charge in [0, 0.05) is 24.8 Å². The van der Waals surface area contributed by atoms with Gasteiger partial charge in [0.2, 0.25) is 5.88 Å². The smallest absolute Gasteiger partial charge is 0.218 e. The normalized spacial score (nSPS) is 15.7. The van der Waals surface area contributed by atoms with Gasteiger partial charge in [0.1, 0.15) is 0 Å². The lowest BCUT2D eigenvalue weighted by atomic mass is 10.3. The van der Waals surface area contributed by atoms with Crippen LogP contribution in [0.3, 0.4) is 0 Å². The van der Waals surface area contributed by atoms with E-state index in [0.717, 1.165) is 18.7 Å². The predicted octanol–water partition coefficient (Wildman–Crippen LogP) is 1.25. The summed E-state index contributed by atoms with van der Waals surface area (Å²) in [6.45, 7) is 5.99. The van der Waals surface area contributed by atoms with Gasteiger partial charge >= 0.3 is 0 Å². The van der Waals surface area contributed by atoms with Crippen LogP contribution in [-0.4, -0.2) is 48.8 Å². The number of morpholine rings is 1. The first kappa shape index (κ1) is 17.0. The van der Waals surface area contributed by atoms with E-state index in [9.17, 15) is 0 Å². The molecule has 1 aromatic heterocycles. The summed E-state index contributed by atoms with van der Waals surface area (Å²) in [7, 11) is 0. The Kier molecular flexibility index (Phi) is 7.60. The largest absolute Gasteiger partial charge is 0.478 e. The molecule has 6 nitrogen and oxygen atoms in total. The minimum atomic E-state index is 0. The van der Waals surface area contributed by atoms with Crippen LogP contribution in [0.15, 0.2) is 23.3 Å². The molecule has 0 amide bonds. The van der Waals surface area contributed by atoms with Gasteiger partial charge in [-0.15, -0.1) is 24.0 Å². The van der Waals surface area contributed by atoms with Crippen LogP contribution in [0.1, 0.15) is 12.5 Å².